The maximum atomic E-state index is 11.8. The van der Waals surface area contributed by atoms with Gasteiger partial charge in [-0.05, 0) is 111 Å². The molecule has 0 saturated heterocycles. The van der Waals surface area contributed by atoms with E-state index in [0.29, 0.717) is 43.7 Å². The number of Topliss-reactive ketones (excluding diaryl/α,β-unsaturated/α-hetero) is 1. The molecule has 0 atom stereocenters. The zero-order valence-electron chi connectivity index (χ0n) is 68.4. The molecule has 0 aliphatic rings. The highest BCUT2D eigenvalue weighted by Gasteiger charge is 2.28. The Morgan fingerprint density at radius 1 is 0.303 bits per heavy atom. The van der Waals surface area contributed by atoms with Crippen molar-refractivity contribution < 1.29 is 56.9 Å². The first kappa shape index (κ1) is 105. The summed E-state index contributed by atoms with van der Waals surface area (Å²) >= 11 is 0. The summed E-state index contributed by atoms with van der Waals surface area (Å²) in [7, 11) is -3.28. The van der Waals surface area contributed by atoms with E-state index >= 15 is 0 Å². The zero-order valence-corrected chi connectivity index (χ0v) is 69.3. The summed E-state index contributed by atoms with van der Waals surface area (Å²) in [6.45, 7) is 28.5. The van der Waals surface area contributed by atoms with Crippen molar-refractivity contribution in [1.82, 2.24) is 0 Å². The van der Waals surface area contributed by atoms with Gasteiger partial charge in [-0.2, -0.15) is 0 Å². The summed E-state index contributed by atoms with van der Waals surface area (Å²) in [5.41, 5.74) is 1.30. The lowest BCUT2D eigenvalue weighted by Crippen LogP contribution is -2.12. The number of carboxylic acid groups (broad SMARTS) is 1. The molecule has 0 heterocycles. The van der Waals surface area contributed by atoms with Crippen LogP contribution in [0, 0.1) is 11.8 Å². The highest BCUT2D eigenvalue weighted by molar-refractivity contribution is 7.54. The van der Waals surface area contributed by atoms with Crippen molar-refractivity contribution in [3.05, 3.63) is 11.6 Å². The molecule has 0 fully saturated rings. The van der Waals surface area contributed by atoms with E-state index in [1.165, 1.54) is 314 Å². The van der Waals surface area contributed by atoms with Crippen molar-refractivity contribution >= 4 is 37.3 Å². The van der Waals surface area contributed by atoms with Crippen LogP contribution in [0.5, 0.6) is 0 Å². The summed E-state index contributed by atoms with van der Waals surface area (Å²) in [4.78, 5) is 57.1. The lowest BCUT2D eigenvalue weighted by atomic mass is 9.91. The molecule has 0 aliphatic heterocycles. The second-order valence-corrected chi connectivity index (χ2v) is 30.2. The maximum absolute atomic E-state index is 11.8. The molecule has 13 heteroatoms. The van der Waals surface area contributed by atoms with Crippen LogP contribution in [0.2, 0.25) is 0 Å². The van der Waals surface area contributed by atoms with Crippen LogP contribution in [0.1, 0.15) is 462 Å². The molecule has 0 aromatic heterocycles. The van der Waals surface area contributed by atoms with Crippen LogP contribution < -0.4 is 0 Å². The molecular formula is C86H171O12P. The van der Waals surface area contributed by atoms with Crippen molar-refractivity contribution in [1.29, 1.82) is 0 Å². The minimum Gasteiger partial charge on any atom is -0.481 e. The average Bonchev–Trinajstić information content (AvgIpc) is 1.12. The topological polar surface area (TPSA) is 169 Å². The van der Waals surface area contributed by atoms with Crippen LogP contribution in [-0.4, -0.2) is 74.0 Å². The van der Waals surface area contributed by atoms with Gasteiger partial charge in [0.2, 0.25) is 0 Å². The van der Waals surface area contributed by atoms with Gasteiger partial charge in [0.1, 0.15) is 11.9 Å². The van der Waals surface area contributed by atoms with Crippen LogP contribution >= 0.6 is 7.60 Å². The first-order valence-corrected chi connectivity index (χ1v) is 44.6. The number of rotatable bonds is 70. The molecule has 0 unspecified atom stereocenters. The number of aliphatic carboxylic acids is 1. The summed E-state index contributed by atoms with van der Waals surface area (Å²) in [6, 6.07) is 0. The molecule has 0 saturated carbocycles. The molecule has 592 valence electrons. The fraction of sp³-hybridized carbons (Fsp3) is 0.919. The van der Waals surface area contributed by atoms with Gasteiger partial charge < -0.3 is 28.4 Å². The van der Waals surface area contributed by atoms with Crippen LogP contribution in [0.4, 0.5) is 0 Å². The Labute approximate surface area is 616 Å². The van der Waals surface area contributed by atoms with E-state index in [4.69, 9.17) is 23.6 Å². The Morgan fingerprint density at radius 2 is 0.556 bits per heavy atom. The number of hydrogen-bond acceptors (Lipinski definition) is 11. The normalized spacial score (nSPS) is 11.0. The van der Waals surface area contributed by atoms with E-state index in [1.807, 2.05) is 13.8 Å². The van der Waals surface area contributed by atoms with E-state index in [-0.39, 0.29) is 37.9 Å². The van der Waals surface area contributed by atoms with E-state index in [9.17, 15) is 28.5 Å². The van der Waals surface area contributed by atoms with Crippen LogP contribution in [0.25, 0.3) is 0 Å². The van der Waals surface area contributed by atoms with Crippen LogP contribution in [0.3, 0.4) is 0 Å². The predicted octanol–water partition coefficient (Wildman–Crippen LogP) is 28.5. The van der Waals surface area contributed by atoms with Gasteiger partial charge in [0.25, 0.3) is 0 Å². The lowest BCUT2D eigenvalue weighted by molar-refractivity contribution is -0.144. The Bertz CT molecular complexity index is 1660. The van der Waals surface area contributed by atoms with Gasteiger partial charge in [0.15, 0.2) is 0 Å². The van der Waals surface area contributed by atoms with Gasteiger partial charge in [-0.25, -0.2) is 4.79 Å². The molecule has 0 aromatic rings. The number of esters is 3. The van der Waals surface area contributed by atoms with Crippen molar-refractivity contribution in [3.8, 4) is 0 Å². The minimum absolute atomic E-state index is 0.00876. The van der Waals surface area contributed by atoms with Crippen LogP contribution in [-0.2, 0) is 51.8 Å². The number of ketones is 1. The zero-order chi connectivity index (χ0) is 74.6. The van der Waals surface area contributed by atoms with Gasteiger partial charge in [0.05, 0.1) is 33.0 Å². The Morgan fingerprint density at radius 3 is 0.828 bits per heavy atom. The van der Waals surface area contributed by atoms with Crippen LogP contribution in [0.15, 0.2) is 11.6 Å². The third-order valence-electron chi connectivity index (χ3n) is 18.3. The minimum atomic E-state index is -3.28. The average molecular weight is 1430 g/mol. The number of hydrogen-bond donors (Lipinski definition) is 1. The number of allylic oxidation sites excluding steroid dienone is 1. The second-order valence-electron chi connectivity index (χ2n) is 28.1. The molecule has 0 radical (unpaired) electrons. The third-order valence-corrected chi connectivity index (χ3v) is 20.2. The van der Waals surface area contributed by atoms with E-state index < -0.39 is 19.5 Å². The molecule has 1 N–H and O–H groups in total. The number of carbonyl (C=O) groups excluding carboxylic acids is 4. The standard InChI is InChI=1S/C21H42O2.C21H40O2.C19H38O2.C17H34O.C8H17O5P/c2*1-4-7-9-11-13-15-17-20(19-21(22)23-6-3)18-16-14-12-10-8-5-2;1-3-5-7-9-11-13-15-18(17-19(20)21)16-14-12-10-8-6-4-2;1-3-5-7-9-11-13-15-17(18)16-14-12-10-8-6-4-2;1-4-11-8(9)7-14(10,12-5-2)13-6-3/h20H,4-19H2,1-3H3;19H,4-18H2,1-3H3;18H,3-17H2,1-2H3,(H,20,21);3-16H2,1-2H3;4-7H2,1-3H3. The molecule has 12 nitrogen and oxygen atoms in total. The smallest absolute Gasteiger partial charge is 0.341 e. The Hall–Kier alpha value is -2.56. The Balaban J connectivity index is -0.000000375. The highest BCUT2D eigenvalue weighted by Crippen LogP contribution is 2.47. The number of ether oxygens (including phenoxy) is 3. The summed E-state index contributed by atoms with van der Waals surface area (Å²) in [5.74, 6) is 0.149. The molecule has 0 spiro atoms. The Kier molecular flexibility index (Phi) is 95.1. The fourth-order valence-corrected chi connectivity index (χ4v) is 13.8. The molecule has 0 bridgehead atoms. The monoisotopic (exact) mass is 1430 g/mol. The summed E-state index contributed by atoms with van der Waals surface area (Å²) in [5, 5.41) is 9.03. The second kappa shape index (κ2) is 89.7. The lowest BCUT2D eigenvalue weighted by Gasteiger charge is -2.16. The van der Waals surface area contributed by atoms with E-state index in [2.05, 4.69) is 60.1 Å². The summed E-state index contributed by atoms with van der Waals surface area (Å²) < 4.78 is 36.5. The molecule has 0 rings (SSSR count). The van der Waals surface area contributed by atoms with Crippen molar-refractivity contribution in [3.63, 3.8) is 0 Å². The van der Waals surface area contributed by atoms with Gasteiger partial charge in [-0.15, -0.1) is 0 Å². The van der Waals surface area contributed by atoms with E-state index in [1.54, 1.807) is 26.8 Å². The molecule has 0 aliphatic carbocycles. The van der Waals surface area contributed by atoms with Gasteiger partial charge in [0, 0.05) is 31.8 Å². The van der Waals surface area contributed by atoms with Crippen molar-refractivity contribution in [2.24, 2.45) is 11.8 Å². The SMILES string of the molecule is CCCCCCCCC(=CC(=O)OCC)CCCCCCCC.CCCCCCCCC(=O)CCCCCCCC.CCCCCCCCC(CCCCCCCC)CC(=O)O.CCCCCCCCC(CCCCCCCC)CC(=O)OCC.CCOC(=O)CP(=O)(OCC)OCC. The van der Waals surface area contributed by atoms with Crippen molar-refractivity contribution in [2.75, 3.05) is 39.2 Å². The molecule has 0 aromatic carbocycles. The number of carboxylic acids is 1. The largest absolute Gasteiger partial charge is 0.481 e. The van der Waals surface area contributed by atoms with Gasteiger partial charge in [-0.3, -0.25) is 23.7 Å². The van der Waals surface area contributed by atoms with Gasteiger partial charge in [-0.1, -0.05) is 343 Å². The number of carbonyl (C=O) groups is 5. The van der Waals surface area contributed by atoms with Gasteiger partial charge >= 0.3 is 31.5 Å². The van der Waals surface area contributed by atoms with Crippen molar-refractivity contribution in [2.45, 2.75) is 462 Å². The third kappa shape index (κ3) is 91.5. The first-order chi connectivity index (χ1) is 48.1. The van der Waals surface area contributed by atoms with E-state index in [0.717, 1.165) is 51.4 Å². The number of unbranched alkanes of at least 4 members (excludes halogenated alkanes) is 40. The highest BCUT2D eigenvalue weighted by atomic mass is 31.2. The molecular weight excluding hydrogens is 1260 g/mol. The quantitative estimate of drug-likeness (QED) is 0.0201. The maximum Gasteiger partial charge on any atom is 0.341 e. The molecule has 0 amide bonds. The fourth-order valence-electron chi connectivity index (χ4n) is 12.4. The molecule has 99 heavy (non-hydrogen) atoms. The predicted molar refractivity (Wildman–Crippen MR) is 427 cm³/mol. The first-order valence-electron chi connectivity index (χ1n) is 42.9. The summed E-state index contributed by atoms with van der Waals surface area (Å²) in [6.07, 6.45) is 73.6.